The Bertz CT molecular complexity index is 3210. The number of benzene rings is 9. The van der Waals surface area contributed by atoms with Crippen LogP contribution in [0.3, 0.4) is 0 Å². The molecule has 1 aliphatic rings. The van der Waals surface area contributed by atoms with Crippen LogP contribution in [0.5, 0.6) is 0 Å². The lowest BCUT2D eigenvalue weighted by molar-refractivity contribution is 0.590. The summed E-state index contributed by atoms with van der Waals surface area (Å²) in [7, 11) is 0.811. The standard InChI is InChI=1S/C56H43BN2/c1-56(2,3)44-24-26-45(27-25-44)58-51-34-40-22-14-13-21-39(40)29-46(51)48-31-43(38-19-11-6-12-20-38)35-53-54(48)57-50-33-42(37-17-9-5-10-18-37)32-49-47-30-41(36-15-7-4-8-16-36)23-28-52(47)59(53)55(49)50/h4-35,57-58H,1-3H3. The van der Waals surface area contributed by atoms with E-state index >= 15 is 0 Å². The molecule has 0 saturated heterocycles. The van der Waals surface area contributed by atoms with Crippen LogP contribution >= 0.6 is 0 Å². The Kier molecular flexibility index (Phi) is 8.20. The van der Waals surface area contributed by atoms with E-state index in [1.54, 1.807) is 0 Å². The number of nitrogens with one attached hydrogen (secondary N) is 1. The lowest BCUT2D eigenvalue weighted by atomic mass is 9.58. The molecule has 1 N–H and O–H groups in total. The molecule has 0 saturated carbocycles. The molecule has 11 rings (SSSR count). The van der Waals surface area contributed by atoms with Crippen molar-refractivity contribution in [1.29, 1.82) is 0 Å². The molecule has 0 unspecified atom stereocenters. The van der Waals surface area contributed by atoms with Crippen LogP contribution < -0.4 is 16.2 Å². The molecule has 0 amide bonds. The third-order valence-corrected chi connectivity index (χ3v) is 12.3. The molecule has 280 valence electrons. The first kappa shape index (κ1) is 35.1. The van der Waals surface area contributed by atoms with E-state index in [9.17, 15) is 0 Å². The van der Waals surface area contributed by atoms with Gasteiger partial charge < -0.3 is 9.88 Å². The fourth-order valence-electron chi connectivity index (χ4n) is 9.27. The third kappa shape index (κ3) is 6.13. The summed E-state index contributed by atoms with van der Waals surface area (Å²) in [4.78, 5) is 0. The van der Waals surface area contributed by atoms with E-state index in [0.29, 0.717) is 0 Å². The molecular formula is C56H43BN2. The predicted molar refractivity (Wildman–Crippen MR) is 255 cm³/mol. The van der Waals surface area contributed by atoms with Crippen LogP contribution in [0.25, 0.3) is 82.8 Å². The van der Waals surface area contributed by atoms with Crippen LogP contribution in [0.1, 0.15) is 26.3 Å². The minimum absolute atomic E-state index is 0.0808. The first-order valence-corrected chi connectivity index (χ1v) is 20.7. The largest absolute Gasteiger partial charge is 0.355 e. The fraction of sp³-hybridized carbons (Fsp3) is 0.0714. The Morgan fingerprint density at radius 2 is 1.03 bits per heavy atom. The van der Waals surface area contributed by atoms with E-state index in [-0.39, 0.29) is 5.41 Å². The summed E-state index contributed by atoms with van der Waals surface area (Å²) >= 11 is 0. The summed E-state index contributed by atoms with van der Waals surface area (Å²) < 4.78 is 2.57. The maximum Gasteiger partial charge on any atom is 0.198 e. The number of anilines is 2. The number of fused-ring (bicyclic) bond motifs is 6. The molecular weight excluding hydrogens is 711 g/mol. The third-order valence-electron chi connectivity index (χ3n) is 12.3. The van der Waals surface area contributed by atoms with Gasteiger partial charge in [-0.15, -0.1) is 0 Å². The second-order valence-electron chi connectivity index (χ2n) is 17.1. The normalized spacial score (nSPS) is 12.1. The minimum atomic E-state index is 0.0808. The van der Waals surface area contributed by atoms with Crippen molar-refractivity contribution < 1.29 is 0 Å². The van der Waals surface area contributed by atoms with Gasteiger partial charge in [0, 0.05) is 38.9 Å². The average Bonchev–Trinajstić information content (AvgIpc) is 3.61. The molecule has 0 radical (unpaired) electrons. The summed E-state index contributed by atoms with van der Waals surface area (Å²) in [5, 5.41) is 8.91. The molecule has 3 heteroatoms. The molecule has 1 aliphatic heterocycles. The highest BCUT2D eigenvalue weighted by atomic mass is 15.0. The average molecular weight is 755 g/mol. The Hall–Kier alpha value is -7.10. The Balaban J connectivity index is 1.20. The zero-order valence-corrected chi connectivity index (χ0v) is 33.6. The predicted octanol–water partition coefficient (Wildman–Crippen LogP) is 13.3. The lowest BCUT2D eigenvalue weighted by Gasteiger charge is -2.26. The van der Waals surface area contributed by atoms with Crippen molar-refractivity contribution in [3.05, 3.63) is 200 Å². The summed E-state index contributed by atoms with van der Waals surface area (Å²) in [5.41, 5.74) is 19.8. The fourth-order valence-corrected chi connectivity index (χ4v) is 9.27. The number of rotatable bonds is 6. The van der Waals surface area contributed by atoms with Gasteiger partial charge in [-0.3, -0.25) is 0 Å². The van der Waals surface area contributed by atoms with Crippen molar-refractivity contribution in [2.45, 2.75) is 26.2 Å². The Morgan fingerprint density at radius 1 is 0.458 bits per heavy atom. The second-order valence-corrected chi connectivity index (χ2v) is 17.1. The highest BCUT2D eigenvalue weighted by Crippen LogP contribution is 2.42. The van der Waals surface area contributed by atoms with E-state index < -0.39 is 0 Å². The van der Waals surface area contributed by atoms with Crippen LogP contribution in [0.2, 0.25) is 0 Å². The summed E-state index contributed by atoms with van der Waals surface area (Å²) in [6.45, 7) is 6.81. The molecule has 2 nitrogen and oxygen atoms in total. The van der Waals surface area contributed by atoms with Crippen LogP contribution in [0.4, 0.5) is 11.4 Å². The van der Waals surface area contributed by atoms with Crippen molar-refractivity contribution in [3.8, 4) is 50.2 Å². The molecule has 59 heavy (non-hydrogen) atoms. The zero-order chi connectivity index (χ0) is 39.7. The van der Waals surface area contributed by atoms with Gasteiger partial charge in [-0.1, -0.05) is 166 Å². The number of hydrogen-bond acceptors (Lipinski definition) is 1. The molecule has 0 atom stereocenters. The van der Waals surface area contributed by atoms with E-state index in [1.807, 2.05) is 0 Å². The van der Waals surface area contributed by atoms with Gasteiger partial charge in [-0.2, -0.15) is 0 Å². The van der Waals surface area contributed by atoms with Crippen LogP contribution in [0, 0.1) is 0 Å². The van der Waals surface area contributed by atoms with Gasteiger partial charge in [-0.05, 0) is 121 Å². The highest BCUT2D eigenvalue weighted by molar-refractivity contribution is 6.73. The van der Waals surface area contributed by atoms with Crippen LogP contribution in [0.15, 0.2) is 194 Å². The van der Waals surface area contributed by atoms with Crippen LogP contribution in [-0.4, -0.2) is 11.8 Å². The van der Waals surface area contributed by atoms with Crippen molar-refractivity contribution in [3.63, 3.8) is 0 Å². The Morgan fingerprint density at radius 3 is 1.68 bits per heavy atom. The second kappa shape index (κ2) is 13.8. The van der Waals surface area contributed by atoms with Crippen molar-refractivity contribution in [2.24, 2.45) is 0 Å². The molecule has 2 heterocycles. The lowest BCUT2D eigenvalue weighted by Crippen LogP contribution is -2.37. The first-order valence-electron chi connectivity index (χ1n) is 20.7. The van der Waals surface area contributed by atoms with E-state index in [2.05, 4.69) is 225 Å². The van der Waals surface area contributed by atoms with Gasteiger partial charge in [0.1, 0.15) is 0 Å². The maximum atomic E-state index is 3.92. The molecule has 0 fully saturated rings. The highest BCUT2D eigenvalue weighted by Gasteiger charge is 2.28. The smallest absolute Gasteiger partial charge is 0.198 e. The topological polar surface area (TPSA) is 17.0 Å². The Labute approximate surface area is 346 Å². The van der Waals surface area contributed by atoms with E-state index in [0.717, 1.165) is 18.7 Å². The molecule has 9 aromatic carbocycles. The quantitative estimate of drug-likeness (QED) is 0.167. The minimum Gasteiger partial charge on any atom is -0.355 e. The summed E-state index contributed by atoms with van der Waals surface area (Å²) in [5.74, 6) is 0. The first-order chi connectivity index (χ1) is 28.9. The van der Waals surface area contributed by atoms with Crippen molar-refractivity contribution in [2.75, 3.05) is 5.32 Å². The molecule has 10 aromatic rings. The monoisotopic (exact) mass is 754 g/mol. The molecule has 0 aliphatic carbocycles. The van der Waals surface area contributed by atoms with Crippen LogP contribution in [-0.2, 0) is 5.41 Å². The van der Waals surface area contributed by atoms with Gasteiger partial charge in [0.2, 0.25) is 0 Å². The summed E-state index contributed by atoms with van der Waals surface area (Å²) in [6.07, 6.45) is 0. The maximum absolute atomic E-state index is 3.92. The van der Waals surface area contributed by atoms with Crippen molar-refractivity contribution in [1.82, 2.24) is 4.57 Å². The molecule has 0 bridgehead atoms. The zero-order valence-electron chi connectivity index (χ0n) is 33.6. The van der Waals surface area contributed by atoms with Gasteiger partial charge in [0.15, 0.2) is 7.28 Å². The molecule has 1 aromatic heterocycles. The van der Waals surface area contributed by atoms with E-state index in [1.165, 1.54) is 99.3 Å². The van der Waals surface area contributed by atoms with Gasteiger partial charge in [0.25, 0.3) is 0 Å². The number of aromatic nitrogens is 1. The van der Waals surface area contributed by atoms with Crippen molar-refractivity contribution >= 4 is 62.2 Å². The number of nitrogens with zero attached hydrogens (tertiary/aromatic N) is 1. The van der Waals surface area contributed by atoms with E-state index in [4.69, 9.17) is 0 Å². The SMILES string of the molecule is CC(C)(C)c1ccc(Nc2cc3ccccc3cc2-c2cc(-c3ccccc3)cc3c2Bc2cc(-c4ccccc4)cc4c5cc(-c6ccccc6)ccc5n-3c24)cc1. The van der Waals surface area contributed by atoms with Gasteiger partial charge in [-0.25, -0.2) is 0 Å². The molecule has 0 spiro atoms. The summed E-state index contributed by atoms with van der Waals surface area (Å²) in [6, 6.07) is 71.7. The van der Waals surface area contributed by atoms with Gasteiger partial charge in [0.05, 0.1) is 5.52 Å². The number of hydrogen-bond donors (Lipinski definition) is 1. The van der Waals surface area contributed by atoms with Gasteiger partial charge >= 0.3 is 0 Å².